The second-order valence-electron chi connectivity index (χ2n) is 11.4. The molecule has 0 saturated carbocycles. The first-order valence-corrected chi connectivity index (χ1v) is 15.8. The van der Waals surface area contributed by atoms with Crippen molar-refractivity contribution in [2.75, 3.05) is 33.4 Å². The number of carbonyl (C=O) groups is 5. The van der Waals surface area contributed by atoms with Crippen LogP contribution in [-0.4, -0.2) is 73.3 Å². The first-order chi connectivity index (χ1) is 21.8. The highest BCUT2D eigenvalue weighted by Crippen LogP contribution is 2.38. The number of nitrogens with zero attached hydrogens (tertiary/aromatic N) is 2. The van der Waals surface area contributed by atoms with E-state index < -0.39 is 17.0 Å². The third kappa shape index (κ3) is 14.7. The summed E-state index contributed by atoms with van der Waals surface area (Å²) >= 11 is 0. The quantitative estimate of drug-likeness (QED) is 0.0571. The number of benzene rings is 1. The predicted octanol–water partition coefficient (Wildman–Crippen LogP) is 4.24. The molecule has 14 heteroatoms. The third-order valence-corrected chi connectivity index (χ3v) is 7.50. The minimum atomic E-state index is -0.864. The van der Waals surface area contributed by atoms with Gasteiger partial charge in [-0.25, -0.2) is 0 Å². The van der Waals surface area contributed by atoms with E-state index in [0.717, 1.165) is 0 Å². The summed E-state index contributed by atoms with van der Waals surface area (Å²) in [6.45, 7) is 10.2. The van der Waals surface area contributed by atoms with Gasteiger partial charge in [-0.15, -0.1) is 0 Å². The number of nitrogens with one attached hydrogen (secondary N) is 2. The lowest BCUT2D eigenvalue weighted by Crippen LogP contribution is -2.34. The molecule has 1 aromatic carbocycles. The number of ether oxygens (including phenoxy) is 3. The Morgan fingerprint density at radius 2 is 1.59 bits per heavy atom. The van der Waals surface area contributed by atoms with Crippen LogP contribution >= 0.6 is 0 Å². The molecule has 2 N–H and O–H groups in total. The van der Waals surface area contributed by atoms with Gasteiger partial charge in [0.15, 0.2) is 11.5 Å². The molecule has 0 bridgehead atoms. The second-order valence-corrected chi connectivity index (χ2v) is 11.4. The van der Waals surface area contributed by atoms with Crippen LogP contribution in [0.25, 0.3) is 0 Å². The molecule has 14 nitrogen and oxygen atoms in total. The summed E-state index contributed by atoms with van der Waals surface area (Å²) in [6.07, 6.45) is 2.87. The van der Waals surface area contributed by atoms with Gasteiger partial charge in [-0.2, -0.15) is 0 Å². The number of nitro groups is 1. The van der Waals surface area contributed by atoms with Crippen molar-refractivity contribution < 1.29 is 43.1 Å². The van der Waals surface area contributed by atoms with Crippen molar-refractivity contribution in [2.24, 2.45) is 11.8 Å². The van der Waals surface area contributed by atoms with E-state index in [1.807, 2.05) is 20.8 Å². The Kier molecular flexibility index (Phi) is 18.6. The third-order valence-electron chi connectivity index (χ3n) is 7.50. The van der Waals surface area contributed by atoms with Gasteiger partial charge < -0.3 is 24.8 Å². The maximum Gasteiger partial charge on any atom is 0.306 e. The molecule has 0 spiro atoms. The van der Waals surface area contributed by atoms with Crippen LogP contribution in [-0.2, 0) is 28.7 Å². The monoisotopic (exact) mass is 650 g/mol. The van der Waals surface area contributed by atoms with Crippen molar-refractivity contribution in [1.82, 2.24) is 15.5 Å². The molecule has 0 aliphatic rings. The predicted molar refractivity (Wildman–Crippen MR) is 170 cm³/mol. The highest BCUT2D eigenvalue weighted by atomic mass is 16.6. The van der Waals surface area contributed by atoms with Gasteiger partial charge in [0.1, 0.15) is 6.10 Å². The number of imide groups is 1. The number of unbranched alkanes of at least 4 members (excludes halogenated alkanes) is 2. The van der Waals surface area contributed by atoms with Crippen LogP contribution in [0.2, 0.25) is 0 Å². The number of carbonyl (C=O) groups excluding carboxylic acids is 5. The smallest absolute Gasteiger partial charge is 0.306 e. The van der Waals surface area contributed by atoms with Crippen molar-refractivity contribution >= 4 is 35.8 Å². The van der Waals surface area contributed by atoms with Crippen molar-refractivity contribution in [3.63, 3.8) is 0 Å². The van der Waals surface area contributed by atoms with Crippen LogP contribution in [0.5, 0.6) is 11.5 Å². The van der Waals surface area contributed by atoms with E-state index in [1.54, 1.807) is 6.92 Å². The van der Waals surface area contributed by atoms with Crippen LogP contribution in [0.4, 0.5) is 5.69 Å². The highest BCUT2D eigenvalue weighted by Gasteiger charge is 2.26. The number of hydrogen-bond acceptors (Lipinski definition) is 10. The fraction of sp³-hybridized carbons (Fsp3) is 0.656. The van der Waals surface area contributed by atoms with Gasteiger partial charge in [-0.3, -0.25) is 39.0 Å². The van der Waals surface area contributed by atoms with Crippen molar-refractivity contribution in [3.05, 3.63) is 27.8 Å². The first kappa shape index (κ1) is 39.8. The van der Waals surface area contributed by atoms with Crippen LogP contribution in [0, 0.1) is 22.0 Å². The van der Waals surface area contributed by atoms with E-state index in [-0.39, 0.29) is 78.9 Å². The van der Waals surface area contributed by atoms with Crippen molar-refractivity contribution in [3.8, 4) is 11.5 Å². The number of methoxy groups -OCH3 is 1. The molecule has 1 rings (SSSR count). The second kappa shape index (κ2) is 21.5. The summed E-state index contributed by atoms with van der Waals surface area (Å²) in [5, 5.41) is 17.1. The normalized spacial score (nSPS) is 12.1. The summed E-state index contributed by atoms with van der Waals surface area (Å²) in [4.78, 5) is 71.7. The zero-order valence-electron chi connectivity index (χ0n) is 27.9. The molecule has 0 saturated heterocycles. The van der Waals surface area contributed by atoms with Gasteiger partial charge in [0.05, 0.1) is 30.3 Å². The van der Waals surface area contributed by atoms with Gasteiger partial charge in [0, 0.05) is 45.3 Å². The fourth-order valence-corrected chi connectivity index (χ4v) is 4.27. The number of amides is 4. The molecule has 0 radical (unpaired) electrons. The number of rotatable bonds is 23. The zero-order valence-corrected chi connectivity index (χ0v) is 27.9. The number of hydrogen-bond donors (Lipinski definition) is 2. The number of nitro benzene ring substituents is 1. The van der Waals surface area contributed by atoms with Gasteiger partial charge in [-0.05, 0) is 44.1 Å². The van der Waals surface area contributed by atoms with Crippen LogP contribution in [0.1, 0.15) is 97.7 Å². The Hall–Kier alpha value is -4.23. The molecule has 0 aliphatic heterocycles. The maximum atomic E-state index is 12.3. The number of esters is 1. The Labute approximate surface area is 271 Å². The van der Waals surface area contributed by atoms with E-state index in [9.17, 15) is 34.1 Å². The van der Waals surface area contributed by atoms with Crippen LogP contribution < -0.4 is 20.1 Å². The molecular formula is C32H50N4O10. The summed E-state index contributed by atoms with van der Waals surface area (Å²) in [6, 6.07) is 2.62. The minimum Gasteiger partial charge on any atom is -0.493 e. The van der Waals surface area contributed by atoms with E-state index in [2.05, 4.69) is 10.6 Å². The van der Waals surface area contributed by atoms with E-state index in [0.29, 0.717) is 57.4 Å². The molecule has 0 aromatic heterocycles. The molecule has 4 amide bonds. The molecule has 46 heavy (non-hydrogen) atoms. The summed E-state index contributed by atoms with van der Waals surface area (Å²) in [5.74, 6) is -0.153. The molecule has 0 fully saturated rings. The Morgan fingerprint density at radius 1 is 0.957 bits per heavy atom. The lowest BCUT2D eigenvalue weighted by molar-refractivity contribution is -0.386. The lowest BCUT2D eigenvalue weighted by atomic mass is 9.94. The lowest BCUT2D eigenvalue weighted by Gasteiger charge is -2.20. The molecule has 1 aromatic rings. The van der Waals surface area contributed by atoms with Crippen molar-refractivity contribution in [1.29, 1.82) is 0 Å². The average Bonchev–Trinajstić information content (AvgIpc) is 3.02. The molecule has 2 atom stereocenters. The van der Waals surface area contributed by atoms with Crippen LogP contribution in [0.3, 0.4) is 0 Å². The molecular weight excluding hydrogens is 600 g/mol. The minimum absolute atomic E-state index is 0.0905. The van der Waals surface area contributed by atoms with E-state index in [4.69, 9.17) is 14.2 Å². The standard InChI is InChI=1S/C32H50N4O10/c1-7-32(41)46-24(5)25-19-27(44-6)28(20-26(25)36(42)43)45-17-11-13-30(39)34-15-14-33-29(38)12-9-8-10-16-35(21-37)31(40)18-23(4)22(2)3/h19-24H,7-18H2,1-6H3,(H,33,38)(H,34,39). The van der Waals surface area contributed by atoms with E-state index >= 15 is 0 Å². The summed E-state index contributed by atoms with van der Waals surface area (Å²) in [7, 11) is 1.38. The maximum absolute atomic E-state index is 12.3. The largest absolute Gasteiger partial charge is 0.493 e. The Bertz CT molecular complexity index is 1170. The SMILES string of the molecule is CCC(=O)OC(C)c1cc(OC)c(OCCCC(=O)NCCNC(=O)CCCCCN(C=O)C(=O)CC(C)C(C)C)cc1[N+](=O)[O-]. The Morgan fingerprint density at radius 3 is 2.13 bits per heavy atom. The van der Waals surface area contributed by atoms with Gasteiger partial charge in [0.25, 0.3) is 5.69 Å². The molecule has 2 unspecified atom stereocenters. The molecule has 0 aliphatic carbocycles. The average molecular weight is 651 g/mol. The Balaban J connectivity index is 2.33. The summed E-state index contributed by atoms with van der Waals surface area (Å²) in [5.41, 5.74) is -0.112. The van der Waals surface area contributed by atoms with E-state index in [1.165, 1.54) is 31.1 Å². The van der Waals surface area contributed by atoms with Gasteiger partial charge in [-0.1, -0.05) is 34.1 Å². The summed E-state index contributed by atoms with van der Waals surface area (Å²) < 4.78 is 16.2. The first-order valence-electron chi connectivity index (χ1n) is 15.8. The fourth-order valence-electron chi connectivity index (χ4n) is 4.27. The van der Waals surface area contributed by atoms with Gasteiger partial charge >= 0.3 is 5.97 Å². The topological polar surface area (TPSA) is 183 Å². The van der Waals surface area contributed by atoms with Crippen molar-refractivity contribution in [2.45, 2.75) is 92.1 Å². The molecule has 0 heterocycles. The molecule has 258 valence electrons. The highest BCUT2D eigenvalue weighted by molar-refractivity contribution is 5.86. The van der Waals surface area contributed by atoms with Gasteiger partial charge in [0.2, 0.25) is 24.1 Å². The van der Waals surface area contributed by atoms with Crippen LogP contribution in [0.15, 0.2) is 12.1 Å². The zero-order chi connectivity index (χ0) is 34.6.